The summed E-state index contributed by atoms with van der Waals surface area (Å²) in [5.74, 6) is 1.50. The lowest BCUT2D eigenvalue weighted by atomic mass is 10.0. The summed E-state index contributed by atoms with van der Waals surface area (Å²) in [6, 6.07) is 27.0. The number of allylic oxidation sites excluding steroid dienone is 2. The van der Waals surface area contributed by atoms with E-state index in [0.717, 1.165) is 33.8 Å². The van der Waals surface area contributed by atoms with Crippen molar-refractivity contribution in [1.29, 1.82) is 10.5 Å². The Balaban J connectivity index is 1.83. The van der Waals surface area contributed by atoms with E-state index in [-0.39, 0.29) is 0 Å². The minimum atomic E-state index is 0.567. The lowest BCUT2D eigenvalue weighted by Gasteiger charge is -2.04. The van der Waals surface area contributed by atoms with Crippen LogP contribution in [0.1, 0.15) is 22.3 Å². The Morgan fingerprint density at radius 3 is 1.20 bits per heavy atom. The van der Waals surface area contributed by atoms with Crippen LogP contribution < -0.4 is 9.47 Å². The number of ether oxygens (including phenoxy) is 2. The van der Waals surface area contributed by atoms with Crippen molar-refractivity contribution in [1.82, 2.24) is 0 Å². The van der Waals surface area contributed by atoms with Crippen LogP contribution in [0.2, 0.25) is 0 Å². The van der Waals surface area contributed by atoms with Gasteiger partial charge in [-0.2, -0.15) is 10.5 Å². The summed E-state index contributed by atoms with van der Waals surface area (Å²) in [7, 11) is 3.22. The first-order chi connectivity index (χ1) is 14.7. The average molecular weight is 392 g/mol. The van der Waals surface area contributed by atoms with Crippen LogP contribution in [0.3, 0.4) is 0 Å². The maximum Gasteiger partial charge on any atom is 0.118 e. The van der Waals surface area contributed by atoms with Crippen molar-refractivity contribution in [2.24, 2.45) is 0 Å². The summed E-state index contributed by atoms with van der Waals surface area (Å²) in [5.41, 5.74) is 4.60. The number of hydrogen-bond acceptors (Lipinski definition) is 4. The van der Waals surface area contributed by atoms with Gasteiger partial charge in [-0.3, -0.25) is 0 Å². The van der Waals surface area contributed by atoms with Gasteiger partial charge in [0.2, 0.25) is 0 Å². The van der Waals surface area contributed by atoms with Crippen LogP contribution in [0.5, 0.6) is 11.5 Å². The zero-order chi connectivity index (χ0) is 21.3. The fraction of sp³-hybridized carbons (Fsp3) is 0.0769. The van der Waals surface area contributed by atoms with Crippen LogP contribution in [0, 0.1) is 22.7 Å². The number of hydrogen-bond donors (Lipinski definition) is 0. The Labute approximate surface area is 176 Å². The molecule has 0 amide bonds. The Morgan fingerprint density at radius 2 is 0.933 bits per heavy atom. The zero-order valence-corrected chi connectivity index (χ0v) is 16.8. The third kappa shape index (κ3) is 4.95. The van der Waals surface area contributed by atoms with E-state index in [1.54, 1.807) is 14.2 Å². The summed E-state index contributed by atoms with van der Waals surface area (Å²) in [5, 5.41) is 19.1. The van der Waals surface area contributed by atoms with Crippen LogP contribution in [0.15, 0.2) is 72.8 Å². The second-order valence-corrected chi connectivity index (χ2v) is 6.46. The van der Waals surface area contributed by atoms with Gasteiger partial charge in [-0.05, 0) is 82.9 Å². The third-order valence-corrected chi connectivity index (χ3v) is 4.60. The second-order valence-electron chi connectivity index (χ2n) is 6.46. The van der Waals surface area contributed by atoms with Gasteiger partial charge in [-0.25, -0.2) is 0 Å². The summed E-state index contributed by atoms with van der Waals surface area (Å²) in [6.45, 7) is 0. The highest BCUT2D eigenvalue weighted by Crippen LogP contribution is 2.23. The van der Waals surface area contributed by atoms with Gasteiger partial charge in [0.05, 0.1) is 37.5 Å². The van der Waals surface area contributed by atoms with Crippen molar-refractivity contribution in [3.05, 3.63) is 95.1 Å². The van der Waals surface area contributed by atoms with Crippen molar-refractivity contribution in [3.8, 4) is 23.6 Å². The fourth-order valence-corrected chi connectivity index (χ4v) is 2.92. The number of nitrogens with zero attached hydrogens (tertiary/aromatic N) is 2. The van der Waals surface area contributed by atoms with Gasteiger partial charge in [0.1, 0.15) is 11.5 Å². The molecule has 0 saturated carbocycles. The Morgan fingerprint density at radius 1 is 0.600 bits per heavy atom. The highest BCUT2D eigenvalue weighted by atomic mass is 16.5. The molecular formula is C26H20N2O2. The summed E-state index contributed by atoms with van der Waals surface area (Å²) in [4.78, 5) is 0. The average Bonchev–Trinajstić information content (AvgIpc) is 2.82. The predicted octanol–water partition coefficient (Wildman–Crippen LogP) is 5.83. The van der Waals surface area contributed by atoms with E-state index in [1.165, 1.54) is 0 Å². The summed E-state index contributed by atoms with van der Waals surface area (Å²) >= 11 is 0. The monoisotopic (exact) mass is 392 g/mol. The first-order valence-electron chi connectivity index (χ1n) is 9.29. The molecule has 0 atom stereocenters. The number of rotatable bonds is 6. The molecule has 0 fully saturated rings. The molecule has 146 valence electrons. The van der Waals surface area contributed by atoms with Crippen molar-refractivity contribution in [2.45, 2.75) is 0 Å². The van der Waals surface area contributed by atoms with Crippen molar-refractivity contribution >= 4 is 23.3 Å². The molecular weight excluding hydrogens is 372 g/mol. The van der Waals surface area contributed by atoms with E-state index in [4.69, 9.17) is 9.47 Å². The molecule has 0 unspecified atom stereocenters. The molecule has 0 saturated heterocycles. The van der Waals surface area contributed by atoms with Crippen LogP contribution in [0.4, 0.5) is 0 Å². The SMILES string of the molecule is COc1ccc(/C(C#N)=C/c2ccc(/C=C(/C#N)c3ccc(OC)cc3)cc2)cc1. The van der Waals surface area contributed by atoms with Gasteiger partial charge in [-0.1, -0.05) is 24.3 Å². The second kappa shape index (κ2) is 9.78. The fourth-order valence-electron chi connectivity index (χ4n) is 2.92. The zero-order valence-electron chi connectivity index (χ0n) is 16.8. The van der Waals surface area contributed by atoms with E-state index in [0.29, 0.717) is 11.1 Å². The molecule has 0 radical (unpaired) electrons. The first kappa shape index (κ1) is 20.5. The molecule has 4 nitrogen and oxygen atoms in total. The minimum Gasteiger partial charge on any atom is -0.497 e. The molecule has 0 aromatic heterocycles. The highest BCUT2D eigenvalue weighted by Gasteiger charge is 2.04. The maximum atomic E-state index is 9.53. The molecule has 3 aromatic carbocycles. The lowest BCUT2D eigenvalue weighted by molar-refractivity contribution is 0.414. The highest BCUT2D eigenvalue weighted by molar-refractivity contribution is 5.91. The van der Waals surface area contributed by atoms with E-state index in [1.807, 2.05) is 84.9 Å². The molecule has 4 heteroatoms. The lowest BCUT2D eigenvalue weighted by Crippen LogP contribution is -1.86. The van der Waals surface area contributed by atoms with Gasteiger partial charge >= 0.3 is 0 Å². The van der Waals surface area contributed by atoms with Gasteiger partial charge in [-0.15, -0.1) is 0 Å². The molecule has 0 N–H and O–H groups in total. The Hall–Kier alpha value is -4.28. The minimum absolute atomic E-state index is 0.567. The van der Waals surface area contributed by atoms with E-state index in [2.05, 4.69) is 12.1 Å². The molecule has 0 heterocycles. The third-order valence-electron chi connectivity index (χ3n) is 4.60. The molecule has 0 spiro atoms. The van der Waals surface area contributed by atoms with Gasteiger partial charge in [0.25, 0.3) is 0 Å². The van der Waals surface area contributed by atoms with E-state index in [9.17, 15) is 10.5 Å². The summed E-state index contributed by atoms with van der Waals surface area (Å²) < 4.78 is 10.3. The largest absolute Gasteiger partial charge is 0.497 e. The Kier molecular flexibility index (Phi) is 6.66. The number of nitriles is 2. The molecule has 0 aliphatic rings. The van der Waals surface area contributed by atoms with E-state index < -0.39 is 0 Å². The summed E-state index contributed by atoms with van der Waals surface area (Å²) in [6.07, 6.45) is 3.67. The molecule has 3 rings (SSSR count). The van der Waals surface area contributed by atoms with Crippen LogP contribution in [0.25, 0.3) is 23.3 Å². The quantitative estimate of drug-likeness (QED) is 0.391. The standard InChI is InChI=1S/C26H20N2O2/c1-29-25-11-7-21(8-12-25)23(17-27)15-19-3-5-20(6-4-19)16-24(18-28)22-9-13-26(30-2)14-10-22/h3-16H,1-2H3/b23-15-,24-16+. The Bertz CT molecular complexity index is 1050. The molecule has 3 aromatic rings. The van der Waals surface area contributed by atoms with E-state index >= 15 is 0 Å². The van der Waals surface area contributed by atoms with Crippen LogP contribution in [-0.4, -0.2) is 14.2 Å². The van der Waals surface area contributed by atoms with Crippen molar-refractivity contribution in [3.63, 3.8) is 0 Å². The van der Waals surface area contributed by atoms with Crippen molar-refractivity contribution < 1.29 is 9.47 Å². The normalized spacial score (nSPS) is 11.3. The molecule has 0 aliphatic carbocycles. The molecule has 30 heavy (non-hydrogen) atoms. The van der Waals surface area contributed by atoms with Gasteiger partial charge in [0.15, 0.2) is 0 Å². The van der Waals surface area contributed by atoms with Crippen molar-refractivity contribution in [2.75, 3.05) is 14.2 Å². The topological polar surface area (TPSA) is 66.0 Å². The molecule has 0 aliphatic heterocycles. The van der Waals surface area contributed by atoms with Crippen LogP contribution >= 0.6 is 0 Å². The van der Waals surface area contributed by atoms with Gasteiger partial charge < -0.3 is 9.47 Å². The number of benzene rings is 3. The molecule has 0 bridgehead atoms. The smallest absolute Gasteiger partial charge is 0.118 e. The van der Waals surface area contributed by atoms with Crippen LogP contribution in [-0.2, 0) is 0 Å². The first-order valence-corrected chi connectivity index (χ1v) is 9.29. The van der Waals surface area contributed by atoms with Gasteiger partial charge in [0, 0.05) is 0 Å². The predicted molar refractivity (Wildman–Crippen MR) is 119 cm³/mol. The number of methoxy groups -OCH3 is 2. The maximum absolute atomic E-state index is 9.53.